The first kappa shape index (κ1) is 16.1. The molecule has 0 atom stereocenters. The largest absolute Gasteiger partial charge is 0.338 e. The zero-order valence-electron chi connectivity index (χ0n) is 14.1. The Hall–Kier alpha value is -3.39. The molecule has 0 saturated heterocycles. The highest BCUT2D eigenvalue weighted by Crippen LogP contribution is 2.14. The molecule has 0 radical (unpaired) electrons. The maximum Gasteiger partial charge on any atom is 0.258 e. The monoisotopic (exact) mass is 348 g/mol. The van der Waals surface area contributed by atoms with Crippen LogP contribution < -0.4 is 5.56 Å². The molecular weight excluding hydrogens is 332 g/mol. The van der Waals surface area contributed by atoms with Crippen molar-refractivity contribution in [1.82, 2.24) is 30.0 Å². The van der Waals surface area contributed by atoms with Crippen molar-refractivity contribution in [3.05, 3.63) is 70.9 Å². The molecule has 4 rings (SSSR count). The van der Waals surface area contributed by atoms with Crippen molar-refractivity contribution < 1.29 is 4.52 Å². The summed E-state index contributed by atoms with van der Waals surface area (Å²) in [6, 6.07) is 11.0. The first-order valence-electron chi connectivity index (χ1n) is 8.08. The van der Waals surface area contributed by atoms with Gasteiger partial charge in [0.25, 0.3) is 5.56 Å². The fourth-order valence-corrected chi connectivity index (χ4v) is 2.68. The number of nitrogens with one attached hydrogen (secondary N) is 1. The molecule has 0 bridgehead atoms. The molecule has 0 aliphatic heterocycles. The lowest BCUT2D eigenvalue weighted by Crippen LogP contribution is -2.22. The van der Waals surface area contributed by atoms with Crippen LogP contribution in [0.5, 0.6) is 0 Å². The van der Waals surface area contributed by atoms with Crippen LogP contribution in [0.1, 0.15) is 11.7 Å². The van der Waals surface area contributed by atoms with E-state index in [0.717, 1.165) is 5.56 Å². The van der Waals surface area contributed by atoms with Crippen LogP contribution in [0.25, 0.3) is 22.3 Å². The Morgan fingerprint density at radius 3 is 2.85 bits per heavy atom. The normalized spacial score (nSPS) is 11.3. The van der Waals surface area contributed by atoms with Gasteiger partial charge in [-0.2, -0.15) is 4.98 Å². The van der Waals surface area contributed by atoms with E-state index in [9.17, 15) is 4.79 Å². The van der Waals surface area contributed by atoms with Crippen LogP contribution in [0.3, 0.4) is 0 Å². The van der Waals surface area contributed by atoms with Gasteiger partial charge >= 0.3 is 0 Å². The van der Waals surface area contributed by atoms with Gasteiger partial charge in [0.05, 0.1) is 24.0 Å². The molecule has 0 amide bonds. The van der Waals surface area contributed by atoms with Crippen LogP contribution in [0.4, 0.5) is 0 Å². The fourth-order valence-electron chi connectivity index (χ4n) is 2.68. The average Bonchev–Trinajstić information content (AvgIpc) is 3.11. The molecule has 0 unspecified atom stereocenters. The molecule has 4 aromatic rings. The third kappa shape index (κ3) is 3.35. The van der Waals surface area contributed by atoms with Crippen LogP contribution in [0.2, 0.25) is 0 Å². The summed E-state index contributed by atoms with van der Waals surface area (Å²) in [5.74, 6) is 1.57. The van der Waals surface area contributed by atoms with Gasteiger partial charge in [0, 0.05) is 18.0 Å². The Bertz CT molecular complexity index is 1090. The number of aromatic amines is 1. The quantitative estimate of drug-likeness (QED) is 0.588. The minimum Gasteiger partial charge on any atom is -0.338 e. The lowest BCUT2D eigenvalue weighted by molar-refractivity contribution is 0.256. The van der Waals surface area contributed by atoms with Gasteiger partial charge in [-0.25, -0.2) is 4.98 Å². The van der Waals surface area contributed by atoms with Crippen LogP contribution in [-0.4, -0.2) is 37.0 Å². The summed E-state index contributed by atoms with van der Waals surface area (Å²) >= 11 is 0. The lowest BCUT2D eigenvalue weighted by Gasteiger charge is -2.13. The van der Waals surface area contributed by atoms with E-state index in [1.807, 2.05) is 42.3 Å². The zero-order chi connectivity index (χ0) is 17.9. The second-order valence-electron chi connectivity index (χ2n) is 5.96. The van der Waals surface area contributed by atoms with Crippen molar-refractivity contribution >= 4 is 10.9 Å². The smallest absolute Gasteiger partial charge is 0.258 e. The highest BCUT2D eigenvalue weighted by Gasteiger charge is 2.12. The predicted octanol–water partition coefficient (Wildman–Crippen LogP) is 2.00. The van der Waals surface area contributed by atoms with E-state index in [0.29, 0.717) is 41.5 Å². The van der Waals surface area contributed by atoms with Crippen molar-refractivity contribution in [2.45, 2.75) is 13.1 Å². The van der Waals surface area contributed by atoms with E-state index in [-0.39, 0.29) is 5.56 Å². The van der Waals surface area contributed by atoms with Gasteiger partial charge in [-0.3, -0.25) is 14.7 Å². The number of aromatic nitrogens is 5. The molecule has 0 aliphatic rings. The summed E-state index contributed by atoms with van der Waals surface area (Å²) in [4.78, 5) is 29.8. The van der Waals surface area contributed by atoms with Crippen LogP contribution >= 0.6 is 0 Å². The third-order valence-electron chi connectivity index (χ3n) is 3.87. The number of hydrogen-bond donors (Lipinski definition) is 1. The Balaban J connectivity index is 1.48. The van der Waals surface area contributed by atoms with E-state index in [1.54, 1.807) is 18.5 Å². The Kier molecular flexibility index (Phi) is 4.24. The number of fused-ring (bicyclic) bond motifs is 1. The minimum atomic E-state index is -0.143. The number of H-pyrrole nitrogens is 1. The molecule has 0 saturated carbocycles. The summed E-state index contributed by atoms with van der Waals surface area (Å²) in [6.45, 7) is 0.883. The topological polar surface area (TPSA) is 101 Å². The fraction of sp³-hybridized carbons (Fsp3) is 0.167. The summed E-state index contributed by atoms with van der Waals surface area (Å²) < 4.78 is 5.30. The van der Waals surface area contributed by atoms with E-state index < -0.39 is 0 Å². The number of pyridine rings is 1. The standard InChI is InChI=1S/C18H16N6O2/c1-24(10-15-20-14-7-3-2-6-13(14)18(25)21-15)11-16-22-17(23-26-16)12-5-4-8-19-9-12/h2-9H,10-11H2,1H3,(H,20,21,25). The van der Waals surface area contributed by atoms with Gasteiger partial charge < -0.3 is 9.51 Å². The number of hydrogen-bond acceptors (Lipinski definition) is 7. The molecule has 130 valence electrons. The summed E-state index contributed by atoms with van der Waals surface area (Å²) in [5.41, 5.74) is 1.33. The number of rotatable bonds is 5. The SMILES string of the molecule is CN(Cc1nc2ccccc2c(=O)[nH]1)Cc1nc(-c2cccnc2)no1. The first-order chi connectivity index (χ1) is 12.7. The first-order valence-corrected chi connectivity index (χ1v) is 8.08. The molecule has 1 aromatic carbocycles. The lowest BCUT2D eigenvalue weighted by atomic mass is 10.2. The second-order valence-corrected chi connectivity index (χ2v) is 5.96. The molecule has 8 nitrogen and oxygen atoms in total. The summed E-state index contributed by atoms with van der Waals surface area (Å²) in [5, 5.41) is 4.56. The Morgan fingerprint density at radius 1 is 1.12 bits per heavy atom. The van der Waals surface area contributed by atoms with E-state index in [2.05, 4.69) is 25.1 Å². The van der Waals surface area contributed by atoms with E-state index in [1.165, 1.54) is 0 Å². The maximum absolute atomic E-state index is 12.1. The molecule has 0 spiro atoms. The molecule has 8 heteroatoms. The molecule has 0 fully saturated rings. The van der Waals surface area contributed by atoms with Gasteiger partial charge in [-0.15, -0.1) is 0 Å². The summed E-state index contributed by atoms with van der Waals surface area (Å²) in [6.07, 6.45) is 3.37. The zero-order valence-corrected chi connectivity index (χ0v) is 14.1. The van der Waals surface area contributed by atoms with Crippen molar-refractivity contribution in [1.29, 1.82) is 0 Å². The highest BCUT2D eigenvalue weighted by molar-refractivity contribution is 5.77. The number of benzene rings is 1. The Labute approximate surface area is 148 Å². The molecule has 1 N–H and O–H groups in total. The van der Waals surface area contributed by atoms with Crippen LogP contribution in [-0.2, 0) is 13.1 Å². The summed E-state index contributed by atoms with van der Waals surface area (Å²) in [7, 11) is 1.89. The van der Waals surface area contributed by atoms with Crippen LogP contribution in [0.15, 0.2) is 58.1 Å². The van der Waals surface area contributed by atoms with Crippen molar-refractivity contribution in [3.63, 3.8) is 0 Å². The van der Waals surface area contributed by atoms with Gasteiger partial charge in [0.2, 0.25) is 11.7 Å². The molecule has 26 heavy (non-hydrogen) atoms. The van der Waals surface area contributed by atoms with Gasteiger partial charge in [0.15, 0.2) is 0 Å². The van der Waals surface area contributed by atoms with Crippen molar-refractivity contribution in [3.8, 4) is 11.4 Å². The van der Waals surface area contributed by atoms with E-state index >= 15 is 0 Å². The molecular formula is C18H16N6O2. The Morgan fingerprint density at radius 2 is 2.00 bits per heavy atom. The van der Waals surface area contributed by atoms with Gasteiger partial charge in [-0.05, 0) is 31.3 Å². The number of nitrogens with zero attached hydrogens (tertiary/aromatic N) is 5. The maximum atomic E-state index is 12.1. The van der Waals surface area contributed by atoms with Gasteiger partial charge in [0.1, 0.15) is 5.82 Å². The van der Waals surface area contributed by atoms with Crippen molar-refractivity contribution in [2.75, 3.05) is 7.05 Å². The third-order valence-corrected chi connectivity index (χ3v) is 3.87. The molecule has 0 aliphatic carbocycles. The van der Waals surface area contributed by atoms with Gasteiger partial charge in [-0.1, -0.05) is 17.3 Å². The van der Waals surface area contributed by atoms with E-state index in [4.69, 9.17) is 4.52 Å². The minimum absolute atomic E-state index is 0.143. The van der Waals surface area contributed by atoms with Crippen molar-refractivity contribution in [2.24, 2.45) is 0 Å². The number of para-hydroxylation sites is 1. The van der Waals surface area contributed by atoms with Crippen LogP contribution in [0, 0.1) is 0 Å². The second kappa shape index (κ2) is 6.85. The highest BCUT2D eigenvalue weighted by atomic mass is 16.5. The average molecular weight is 348 g/mol. The molecule has 3 heterocycles. The molecule has 3 aromatic heterocycles. The predicted molar refractivity (Wildman–Crippen MR) is 95.1 cm³/mol.